The Bertz CT molecular complexity index is 499. The molecule has 0 saturated carbocycles. The van der Waals surface area contributed by atoms with Gasteiger partial charge in [0.2, 0.25) is 0 Å². The first-order valence-electron chi connectivity index (χ1n) is 6.03. The summed E-state index contributed by atoms with van der Waals surface area (Å²) in [6, 6.07) is 3.36. The maximum Gasteiger partial charge on any atom is 0.360 e. The Balaban J connectivity index is 1.87. The minimum absolute atomic E-state index is 0.272. The Morgan fingerprint density at radius 1 is 1.42 bits per heavy atom. The number of hydrogen-bond acceptors (Lipinski definition) is 5. The fourth-order valence-corrected chi connectivity index (χ4v) is 1.57. The van der Waals surface area contributed by atoms with Gasteiger partial charge in [-0.3, -0.25) is 9.87 Å². The standard InChI is InChI=1S/C13H15N3O3/c1-2-11(9-16-7-6-15-10-16)13(17)19-18-12-4-3-5-14-8-12/h3-8,10-11H,2,9H2,1H3. The second-order valence-corrected chi connectivity index (χ2v) is 4.04. The Morgan fingerprint density at radius 2 is 2.32 bits per heavy atom. The minimum atomic E-state index is -0.403. The average molecular weight is 261 g/mol. The van der Waals surface area contributed by atoms with Crippen molar-refractivity contribution in [1.29, 1.82) is 0 Å². The highest BCUT2D eigenvalue weighted by Crippen LogP contribution is 2.12. The minimum Gasteiger partial charge on any atom is -0.337 e. The monoisotopic (exact) mass is 261 g/mol. The second kappa shape index (κ2) is 6.53. The van der Waals surface area contributed by atoms with Gasteiger partial charge in [0.1, 0.15) is 0 Å². The smallest absolute Gasteiger partial charge is 0.337 e. The van der Waals surface area contributed by atoms with Gasteiger partial charge in [-0.2, -0.15) is 0 Å². The fraction of sp³-hybridized carbons (Fsp3) is 0.308. The second-order valence-electron chi connectivity index (χ2n) is 4.04. The van der Waals surface area contributed by atoms with Gasteiger partial charge in [0.05, 0.1) is 18.4 Å². The van der Waals surface area contributed by atoms with Crippen molar-refractivity contribution in [3.63, 3.8) is 0 Å². The summed E-state index contributed by atoms with van der Waals surface area (Å²) in [6.45, 7) is 2.44. The van der Waals surface area contributed by atoms with E-state index in [-0.39, 0.29) is 5.92 Å². The van der Waals surface area contributed by atoms with Crippen molar-refractivity contribution in [3.8, 4) is 5.75 Å². The van der Waals surface area contributed by atoms with Crippen LogP contribution >= 0.6 is 0 Å². The molecule has 0 spiro atoms. The fourth-order valence-electron chi connectivity index (χ4n) is 1.57. The first kappa shape index (κ1) is 13.1. The van der Waals surface area contributed by atoms with Gasteiger partial charge < -0.3 is 4.57 Å². The van der Waals surface area contributed by atoms with E-state index in [4.69, 9.17) is 9.78 Å². The van der Waals surface area contributed by atoms with Crippen molar-refractivity contribution in [3.05, 3.63) is 43.2 Å². The van der Waals surface area contributed by atoms with Gasteiger partial charge in [-0.25, -0.2) is 14.7 Å². The molecule has 2 heterocycles. The molecular weight excluding hydrogens is 246 g/mol. The van der Waals surface area contributed by atoms with E-state index in [0.29, 0.717) is 18.7 Å². The van der Waals surface area contributed by atoms with Crippen molar-refractivity contribution in [2.45, 2.75) is 19.9 Å². The summed E-state index contributed by atoms with van der Waals surface area (Å²) in [5, 5.41) is 0. The largest absolute Gasteiger partial charge is 0.360 e. The van der Waals surface area contributed by atoms with Crippen LogP contribution in [0.15, 0.2) is 43.2 Å². The van der Waals surface area contributed by atoms with Crippen LogP contribution in [0.3, 0.4) is 0 Å². The van der Waals surface area contributed by atoms with Crippen LogP contribution in [-0.2, 0) is 16.2 Å². The number of pyridine rings is 1. The molecule has 100 valence electrons. The van der Waals surface area contributed by atoms with Crippen LogP contribution in [0.2, 0.25) is 0 Å². The number of carbonyl (C=O) groups excluding carboxylic acids is 1. The molecule has 0 aliphatic carbocycles. The lowest BCUT2D eigenvalue weighted by Crippen LogP contribution is -2.23. The molecule has 0 aliphatic rings. The molecular formula is C13H15N3O3. The molecule has 2 aromatic heterocycles. The van der Waals surface area contributed by atoms with Gasteiger partial charge in [0.15, 0.2) is 5.75 Å². The lowest BCUT2D eigenvalue weighted by Gasteiger charge is -2.13. The van der Waals surface area contributed by atoms with Crippen LogP contribution in [0.1, 0.15) is 13.3 Å². The summed E-state index contributed by atoms with van der Waals surface area (Å²) in [7, 11) is 0. The lowest BCUT2D eigenvalue weighted by molar-refractivity contribution is -0.219. The molecule has 0 aliphatic heterocycles. The van der Waals surface area contributed by atoms with Gasteiger partial charge >= 0.3 is 5.97 Å². The molecule has 0 amide bonds. The Hall–Kier alpha value is -2.37. The van der Waals surface area contributed by atoms with Crippen molar-refractivity contribution in [2.24, 2.45) is 5.92 Å². The number of rotatable bonds is 6. The van der Waals surface area contributed by atoms with Crippen LogP contribution in [-0.4, -0.2) is 20.5 Å². The lowest BCUT2D eigenvalue weighted by atomic mass is 10.1. The number of hydrogen-bond donors (Lipinski definition) is 0. The molecule has 0 saturated heterocycles. The van der Waals surface area contributed by atoms with Crippen LogP contribution in [0.4, 0.5) is 0 Å². The van der Waals surface area contributed by atoms with Crippen molar-refractivity contribution in [2.75, 3.05) is 0 Å². The highest BCUT2D eigenvalue weighted by atomic mass is 17.2. The van der Waals surface area contributed by atoms with Crippen LogP contribution in [0, 0.1) is 5.92 Å². The summed E-state index contributed by atoms with van der Waals surface area (Å²) >= 11 is 0. The molecule has 19 heavy (non-hydrogen) atoms. The molecule has 6 heteroatoms. The van der Waals surface area contributed by atoms with Gasteiger partial charge in [-0.1, -0.05) is 6.92 Å². The highest BCUT2D eigenvalue weighted by molar-refractivity contribution is 5.71. The molecule has 0 aromatic carbocycles. The van der Waals surface area contributed by atoms with Crippen molar-refractivity contribution >= 4 is 5.97 Å². The van der Waals surface area contributed by atoms with E-state index in [1.807, 2.05) is 11.5 Å². The third-order valence-corrected chi connectivity index (χ3v) is 2.67. The maximum atomic E-state index is 11.9. The van der Waals surface area contributed by atoms with E-state index in [1.165, 1.54) is 6.20 Å². The van der Waals surface area contributed by atoms with E-state index < -0.39 is 5.97 Å². The molecule has 1 atom stereocenters. The topological polar surface area (TPSA) is 66.2 Å². The van der Waals surface area contributed by atoms with Gasteiger partial charge in [0, 0.05) is 25.1 Å². The summed E-state index contributed by atoms with van der Waals surface area (Å²) < 4.78 is 1.83. The van der Waals surface area contributed by atoms with E-state index in [0.717, 1.165) is 0 Å². The highest BCUT2D eigenvalue weighted by Gasteiger charge is 2.20. The SMILES string of the molecule is CCC(Cn1ccnc1)C(=O)OOc1cccnc1. The number of carbonyl (C=O) groups is 1. The molecule has 0 bridgehead atoms. The average Bonchev–Trinajstić information content (AvgIpc) is 2.96. The van der Waals surface area contributed by atoms with Crippen molar-refractivity contribution < 1.29 is 14.6 Å². The zero-order valence-electron chi connectivity index (χ0n) is 10.6. The quantitative estimate of drug-likeness (QED) is 0.586. The Morgan fingerprint density at radius 3 is 2.95 bits per heavy atom. The molecule has 2 rings (SSSR count). The number of imidazole rings is 1. The number of aromatic nitrogens is 3. The van der Waals surface area contributed by atoms with Crippen LogP contribution < -0.4 is 4.89 Å². The van der Waals surface area contributed by atoms with Gasteiger partial charge in [-0.05, 0) is 18.6 Å². The summed E-state index contributed by atoms with van der Waals surface area (Å²) in [5.41, 5.74) is 0. The third-order valence-electron chi connectivity index (χ3n) is 2.67. The van der Waals surface area contributed by atoms with E-state index >= 15 is 0 Å². The zero-order valence-corrected chi connectivity index (χ0v) is 10.6. The number of nitrogens with zero attached hydrogens (tertiary/aromatic N) is 3. The predicted molar refractivity (Wildman–Crippen MR) is 67.0 cm³/mol. The summed E-state index contributed by atoms with van der Waals surface area (Å²) in [6.07, 6.45) is 8.89. The first-order valence-corrected chi connectivity index (χ1v) is 6.03. The van der Waals surface area contributed by atoms with Gasteiger partial charge in [-0.15, -0.1) is 0 Å². The first-order chi connectivity index (χ1) is 9.29. The molecule has 0 N–H and O–H groups in total. The molecule has 0 fully saturated rings. The summed E-state index contributed by atoms with van der Waals surface area (Å²) in [5.74, 6) is -0.278. The maximum absolute atomic E-state index is 11.9. The van der Waals surface area contributed by atoms with Crippen LogP contribution in [0.5, 0.6) is 5.75 Å². The van der Waals surface area contributed by atoms with Crippen LogP contribution in [0.25, 0.3) is 0 Å². The zero-order chi connectivity index (χ0) is 13.5. The molecule has 2 aromatic rings. The van der Waals surface area contributed by atoms with Crippen molar-refractivity contribution in [1.82, 2.24) is 14.5 Å². The van der Waals surface area contributed by atoms with E-state index in [1.54, 1.807) is 37.1 Å². The van der Waals surface area contributed by atoms with Gasteiger partial charge in [0.25, 0.3) is 0 Å². The Kier molecular flexibility index (Phi) is 4.49. The molecule has 0 radical (unpaired) electrons. The van der Waals surface area contributed by atoms with E-state index in [2.05, 4.69) is 9.97 Å². The summed E-state index contributed by atoms with van der Waals surface area (Å²) in [4.78, 5) is 29.4. The Labute approximate surface area is 110 Å². The predicted octanol–water partition coefficient (Wildman–Crippen LogP) is 1.84. The normalized spacial score (nSPS) is 11.8. The molecule has 6 nitrogen and oxygen atoms in total. The third kappa shape index (κ3) is 3.80. The molecule has 1 unspecified atom stereocenters. The van der Waals surface area contributed by atoms with E-state index in [9.17, 15) is 4.79 Å².